The number of aliphatic hydroxyl groups is 3. The van der Waals surface area contributed by atoms with Crippen LogP contribution in [-0.4, -0.2) is 21.3 Å². The van der Waals surface area contributed by atoms with E-state index >= 15 is 0 Å². The van der Waals surface area contributed by atoms with Crippen LogP contribution in [-0.2, 0) is 0 Å². The predicted molar refractivity (Wildman–Crippen MR) is 58.1 cm³/mol. The van der Waals surface area contributed by atoms with Gasteiger partial charge in [-0.1, -0.05) is 25.8 Å². The highest BCUT2D eigenvalue weighted by Gasteiger charge is 2.10. The molecule has 0 radical (unpaired) electrons. The molecule has 0 saturated heterocycles. The zero-order chi connectivity index (χ0) is 8.74. The Morgan fingerprint density at radius 1 is 1.17 bits per heavy atom. The topological polar surface area (TPSA) is 60.7 Å². The van der Waals surface area contributed by atoms with Crippen molar-refractivity contribution in [3.8, 4) is 0 Å². The lowest BCUT2D eigenvalue weighted by atomic mass is 10.2. The summed E-state index contributed by atoms with van der Waals surface area (Å²) in [6.07, 6.45) is 6.59. The maximum Gasteiger partial charge on any atom is 0.297 e. The van der Waals surface area contributed by atoms with Gasteiger partial charge < -0.3 is 15.3 Å². The molecule has 3 nitrogen and oxygen atoms in total. The lowest BCUT2D eigenvalue weighted by Gasteiger charge is -2.06. The van der Waals surface area contributed by atoms with Crippen LogP contribution in [0.3, 0.4) is 0 Å². The van der Waals surface area contributed by atoms with Gasteiger partial charge in [0, 0.05) is 0 Å². The Hall–Kier alpha value is 0.350. The molecule has 0 atom stereocenters. The van der Waals surface area contributed by atoms with E-state index in [0.717, 1.165) is 31.8 Å². The predicted octanol–water partition coefficient (Wildman–Crippen LogP) is 1.37. The Balaban J connectivity index is 0. The average molecular weight is 288 g/mol. The molecule has 0 bridgehead atoms. The molecule has 0 spiro atoms. The number of allylic oxidation sites excluding steroid dienone is 1. The van der Waals surface area contributed by atoms with Crippen LogP contribution in [0.2, 0.25) is 0 Å². The van der Waals surface area contributed by atoms with Gasteiger partial charge in [0.1, 0.15) is 0 Å². The van der Waals surface area contributed by atoms with Gasteiger partial charge in [-0.3, -0.25) is 0 Å². The molecule has 4 heteroatoms. The van der Waals surface area contributed by atoms with Crippen molar-refractivity contribution >= 4 is 24.0 Å². The Bertz CT molecular complexity index is 118. The summed E-state index contributed by atoms with van der Waals surface area (Å²) in [5.74, 6) is -2.63. The molecule has 0 aliphatic heterocycles. The van der Waals surface area contributed by atoms with Crippen LogP contribution in [0.1, 0.15) is 32.6 Å². The summed E-state index contributed by atoms with van der Waals surface area (Å²) in [5, 5.41) is 25.2. The minimum absolute atomic E-state index is 0. The molecule has 3 N–H and O–H groups in total. The van der Waals surface area contributed by atoms with E-state index in [0.29, 0.717) is 0 Å². The summed E-state index contributed by atoms with van der Waals surface area (Å²) in [6.45, 7) is 2.10. The highest BCUT2D eigenvalue weighted by Crippen LogP contribution is 2.02. The standard InChI is InChI=1S/C8H16O3.HI/c1-2-3-4-5-6-7-8(9,10)11;/h6-7,9-11H,2-5H2,1H3;1H. The van der Waals surface area contributed by atoms with Crippen molar-refractivity contribution in [2.45, 2.75) is 38.6 Å². The van der Waals surface area contributed by atoms with Crippen LogP contribution < -0.4 is 0 Å². The molecule has 74 valence electrons. The van der Waals surface area contributed by atoms with E-state index in [-0.39, 0.29) is 24.0 Å². The summed E-state index contributed by atoms with van der Waals surface area (Å²) in [5.41, 5.74) is 0. The van der Waals surface area contributed by atoms with Crippen molar-refractivity contribution in [3.63, 3.8) is 0 Å². The van der Waals surface area contributed by atoms with Crippen LogP contribution in [0.4, 0.5) is 0 Å². The SMILES string of the molecule is CCCCCC=CC(O)(O)O.I. The summed E-state index contributed by atoms with van der Waals surface area (Å²) < 4.78 is 0. The summed E-state index contributed by atoms with van der Waals surface area (Å²) in [7, 11) is 0. The maximum absolute atomic E-state index is 8.40. The average Bonchev–Trinajstić information content (AvgIpc) is 1.85. The van der Waals surface area contributed by atoms with Crippen LogP contribution in [0.15, 0.2) is 12.2 Å². The van der Waals surface area contributed by atoms with E-state index < -0.39 is 5.97 Å². The fraction of sp³-hybridized carbons (Fsp3) is 0.750. The molecular formula is C8H17IO3. The van der Waals surface area contributed by atoms with E-state index in [2.05, 4.69) is 6.92 Å². The molecule has 0 aliphatic rings. The second kappa shape index (κ2) is 7.97. The van der Waals surface area contributed by atoms with Crippen LogP contribution in [0, 0.1) is 0 Å². The molecule has 0 aliphatic carbocycles. The van der Waals surface area contributed by atoms with Crippen LogP contribution >= 0.6 is 24.0 Å². The minimum Gasteiger partial charge on any atom is -0.340 e. The van der Waals surface area contributed by atoms with Gasteiger partial charge in [-0.15, -0.1) is 24.0 Å². The second-order valence-electron chi connectivity index (χ2n) is 2.59. The first-order valence-electron chi connectivity index (χ1n) is 3.91. The maximum atomic E-state index is 8.40. The molecule has 0 amide bonds. The Kier molecular flexibility index (Phi) is 9.87. The third-order valence-electron chi connectivity index (χ3n) is 1.32. The summed E-state index contributed by atoms with van der Waals surface area (Å²) >= 11 is 0. The van der Waals surface area contributed by atoms with Crippen molar-refractivity contribution < 1.29 is 15.3 Å². The molecular weight excluding hydrogens is 271 g/mol. The van der Waals surface area contributed by atoms with E-state index in [1.807, 2.05) is 0 Å². The lowest BCUT2D eigenvalue weighted by Crippen LogP contribution is -2.23. The number of rotatable bonds is 5. The normalized spacial score (nSPS) is 11.7. The third-order valence-corrected chi connectivity index (χ3v) is 1.32. The quantitative estimate of drug-likeness (QED) is 0.310. The highest BCUT2D eigenvalue weighted by molar-refractivity contribution is 14.0. The first kappa shape index (κ1) is 14.9. The minimum atomic E-state index is -2.63. The van der Waals surface area contributed by atoms with Gasteiger partial charge in [0.25, 0.3) is 5.97 Å². The van der Waals surface area contributed by atoms with E-state index in [1.165, 1.54) is 0 Å². The number of unbranched alkanes of at least 4 members (excludes halogenated alkanes) is 3. The van der Waals surface area contributed by atoms with Crippen molar-refractivity contribution in [2.75, 3.05) is 0 Å². The van der Waals surface area contributed by atoms with Gasteiger partial charge in [-0.25, -0.2) is 0 Å². The number of halogens is 1. The first-order valence-corrected chi connectivity index (χ1v) is 3.91. The van der Waals surface area contributed by atoms with Crippen LogP contribution in [0.25, 0.3) is 0 Å². The zero-order valence-electron chi connectivity index (χ0n) is 7.23. The summed E-state index contributed by atoms with van der Waals surface area (Å²) in [6, 6.07) is 0. The van der Waals surface area contributed by atoms with E-state index in [4.69, 9.17) is 15.3 Å². The Labute approximate surface area is 90.1 Å². The molecule has 0 heterocycles. The molecule has 0 aromatic rings. The monoisotopic (exact) mass is 288 g/mol. The highest BCUT2D eigenvalue weighted by atomic mass is 127. The molecule has 0 saturated carbocycles. The molecule has 0 aromatic heterocycles. The van der Waals surface area contributed by atoms with Gasteiger partial charge in [0.05, 0.1) is 0 Å². The van der Waals surface area contributed by atoms with Crippen LogP contribution in [0.5, 0.6) is 0 Å². The van der Waals surface area contributed by atoms with E-state index in [1.54, 1.807) is 6.08 Å². The largest absolute Gasteiger partial charge is 0.340 e. The molecule has 0 unspecified atom stereocenters. The number of hydrogen-bond acceptors (Lipinski definition) is 3. The van der Waals surface area contributed by atoms with E-state index in [9.17, 15) is 0 Å². The Morgan fingerprint density at radius 2 is 1.75 bits per heavy atom. The van der Waals surface area contributed by atoms with Gasteiger partial charge >= 0.3 is 0 Å². The molecule has 0 aromatic carbocycles. The van der Waals surface area contributed by atoms with Gasteiger partial charge in [0.2, 0.25) is 0 Å². The molecule has 0 rings (SSSR count). The second-order valence-corrected chi connectivity index (χ2v) is 2.59. The fourth-order valence-corrected chi connectivity index (χ4v) is 0.754. The smallest absolute Gasteiger partial charge is 0.297 e. The third kappa shape index (κ3) is 13.0. The van der Waals surface area contributed by atoms with Gasteiger partial charge in [0.15, 0.2) is 0 Å². The van der Waals surface area contributed by atoms with Crippen molar-refractivity contribution in [1.29, 1.82) is 0 Å². The van der Waals surface area contributed by atoms with Crippen molar-refractivity contribution in [2.24, 2.45) is 0 Å². The van der Waals surface area contributed by atoms with Gasteiger partial charge in [-0.05, 0) is 18.9 Å². The molecule has 12 heavy (non-hydrogen) atoms. The molecule has 0 fully saturated rings. The fourth-order valence-electron chi connectivity index (χ4n) is 0.754. The van der Waals surface area contributed by atoms with Crippen molar-refractivity contribution in [1.82, 2.24) is 0 Å². The Morgan fingerprint density at radius 3 is 2.17 bits per heavy atom. The summed E-state index contributed by atoms with van der Waals surface area (Å²) in [4.78, 5) is 0. The lowest BCUT2D eigenvalue weighted by molar-refractivity contribution is -0.273. The van der Waals surface area contributed by atoms with Crippen molar-refractivity contribution in [3.05, 3.63) is 12.2 Å². The number of hydrogen-bond donors (Lipinski definition) is 3. The van der Waals surface area contributed by atoms with Gasteiger partial charge in [-0.2, -0.15) is 0 Å². The zero-order valence-corrected chi connectivity index (χ0v) is 9.56. The first-order chi connectivity index (χ1) is 5.06.